The summed E-state index contributed by atoms with van der Waals surface area (Å²) in [6.07, 6.45) is 3.81. The van der Waals surface area contributed by atoms with Crippen LogP contribution in [0.25, 0.3) is 0 Å². The molecular weight excluding hydrogens is 262 g/mol. The molecule has 1 saturated heterocycles. The van der Waals surface area contributed by atoms with Crippen LogP contribution in [0.5, 0.6) is 0 Å². The van der Waals surface area contributed by atoms with Crippen molar-refractivity contribution in [1.82, 2.24) is 5.32 Å². The van der Waals surface area contributed by atoms with Crippen molar-refractivity contribution < 1.29 is 4.74 Å². The molecule has 4 heteroatoms. The number of nitrogens with zero attached hydrogens (tertiary/aromatic N) is 2. The van der Waals surface area contributed by atoms with E-state index in [1.54, 1.807) is 0 Å². The van der Waals surface area contributed by atoms with E-state index in [1.165, 1.54) is 18.4 Å². The normalized spacial score (nSPS) is 24.8. The first-order valence-electron chi connectivity index (χ1n) is 7.80. The number of likely N-dealkylation sites (N-methyl/N-ethyl adjacent to an activating group) is 1. The molecule has 0 radical (unpaired) electrons. The van der Waals surface area contributed by atoms with Crippen LogP contribution in [0.2, 0.25) is 0 Å². The first-order chi connectivity index (χ1) is 10.2. The maximum Gasteiger partial charge on any atom is 0.101 e. The summed E-state index contributed by atoms with van der Waals surface area (Å²) >= 11 is 0. The van der Waals surface area contributed by atoms with E-state index in [-0.39, 0.29) is 6.10 Å². The third kappa shape index (κ3) is 3.20. The molecule has 21 heavy (non-hydrogen) atoms. The third-order valence-electron chi connectivity index (χ3n) is 4.57. The molecule has 4 nitrogen and oxygen atoms in total. The van der Waals surface area contributed by atoms with Gasteiger partial charge < -0.3 is 15.0 Å². The summed E-state index contributed by atoms with van der Waals surface area (Å²) in [6.45, 7) is 3.77. The number of rotatable bonds is 5. The van der Waals surface area contributed by atoms with Gasteiger partial charge in [0.15, 0.2) is 0 Å². The molecule has 3 rings (SSSR count). The summed E-state index contributed by atoms with van der Waals surface area (Å²) in [7, 11) is 2.06. The highest BCUT2D eigenvalue weighted by Gasteiger charge is 2.29. The van der Waals surface area contributed by atoms with Gasteiger partial charge in [-0.25, -0.2) is 0 Å². The van der Waals surface area contributed by atoms with Crippen molar-refractivity contribution in [2.24, 2.45) is 0 Å². The molecule has 1 saturated carbocycles. The van der Waals surface area contributed by atoms with E-state index in [9.17, 15) is 5.26 Å². The lowest BCUT2D eigenvalue weighted by molar-refractivity contribution is 0.118. The van der Waals surface area contributed by atoms with Crippen molar-refractivity contribution in [3.63, 3.8) is 0 Å². The van der Waals surface area contributed by atoms with Gasteiger partial charge >= 0.3 is 0 Å². The van der Waals surface area contributed by atoms with Gasteiger partial charge in [-0.15, -0.1) is 0 Å². The first-order valence-corrected chi connectivity index (χ1v) is 7.80. The molecule has 0 bridgehead atoms. The summed E-state index contributed by atoms with van der Waals surface area (Å²) in [5, 5.41) is 13.0. The van der Waals surface area contributed by atoms with Crippen molar-refractivity contribution in [1.29, 1.82) is 5.26 Å². The molecule has 1 N–H and O–H groups in total. The molecule has 1 aliphatic carbocycles. The van der Waals surface area contributed by atoms with Crippen LogP contribution in [0.15, 0.2) is 18.2 Å². The summed E-state index contributed by atoms with van der Waals surface area (Å²) in [5.41, 5.74) is 2.95. The lowest BCUT2D eigenvalue weighted by Gasteiger charge is -2.29. The van der Waals surface area contributed by atoms with Crippen molar-refractivity contribution in [2.45, 2.75) is 50.9 Å². The van der Waals surface area contributed by atoms with Gasteiger partial charge in [-0.3, -0.25) is 0 Å². The number of anilines is 1. The Morgan fingerprint density at radius 1 is 1.38 bits per heavy atom. The molecule has 2 unspecified atom stereocenters. The molecular formula is C17H23N3O. The van der Waals surface area contributed by atoms with Crippen LogP contribution >= 0.6 is 0 Å². The highest BCUT2D eigenvalue weighted by molar-refractivity contribution is 5.61. The van der Waals surface area contributed by atoms with Crippen LogP contribution in [0, 0.1) is 11.3 Å². The number of nitriles is 1. The van der Waals surface area contributed by atoms with Crippen LogP contribution in [0.3, 0.4) is 0 Å². The van der Waals surface area contributed by atoms with Crippen molar-refractivity contribution in [3.8, 4) is 6.07 Å². The van der Waals surface area contributed by atoms with E-state index < -0.39 is 0 Å². The van der Waals surface area contributed by atoms with Gasteiger partial charge in [-0.2, -0.15) is 5.26 Å². The first kappa shape index (κ1) is 14.4. The molecule has 0 spiro atoms. The summed E-state index contributed by atoms with van der Waals surface area (Å²) in [5.74, 6) is 0. The lowest BCUT2D eigenvalue weighted by Crippen LogP contribution is -2.37. The number of nitrogens with one attached hydrogen (secondary N) is 1. The molecule has 0 aromatic heterocycles. The fourth-order valence-electron chi connectivity index (χ4n) is 3.05. The Labute approximate surface area is 126 Å². The van der Waals surface area contributed by atoms with Crippen LogP contribution in [0.4, 0.5) is 5.69 Å². The number of benzene rings is 1. The minimum absolute atomic E-state index is 0.220. The van der Waals surface area contributed by atoms with Crippen molar-refractivity contribution in [2.75, 3.05) is 18.6 Å². The van der Waals surface area contributed by atoms with Gasteiger partial charge in [0.1, 0.15) is 6.07 Å². The highest BCUT2D eigenvalue weighted by Crippen LogP contribution is 2.28. The molecule has 1 aromatic carbocycles. The van der Waals surface area contributed by atoms with E-state index in [1.807, 2.05) is 6.07 Å². The Balaban J connectivity index is 1.76. The Kier molecular flexibility index (Phi) is 4.14. The van der Waals surface area contributed by atoms with Crippen molar-refractivity contribution in [3.05, 3.63) is 29.3 Å². The molecule has 0 amide bonds. The molecule has 2 atom stereocenters. The molecule has 1 aliphatic heterocycles. The molecule has 2 aliphatic rings. The molecule has 112 valence electrons. The number of hydrogen-bond acceptors (Lipinski definition) is 4. The van der Waals surface area contributed by atoms with Gasteiger partial charge in [0.25, 0.3) is 0 Å². The van der Waals surface area contributed by atoms with E-state index in [2.05, 4.69) is 42.4 Å². The van der Waals surface area contributed by atoms with Gasteiger partial charge in [-0.1, -0.05) is 6.07 Å². The molecule has 1 aromatic rings. The lowest BCUT2D eigenvalue weighted by atomic mass is 10.0. The highest BCUT2D eigenvalue weighted by atomic mass is 16.5. The maximum absolute atomic E-state index is 9.46. The largest absolute Gasteiger partial charge is 0.376 e. The van der Waals surface area contributed by atoms with Crippen molar-refractivity contribution >= 4 is 5.69 Å². The van der Waals surface area contributed by atoms with Crippen LogP contribution < -0.4 is 10.2 Å². The second-order valence-corrected chi connectivity index (χ2v) is 6.16. The van der Waals surface area contributed by atoms with Gasteiger partial charge in [-0.05, 0) is 43.9 Å². The SMILES string of the molecule is CC1OCCC1N(C)c1ccc(CNC2CC2)cc1C#N. The Hall–Kier alpha value is -1.57. The van der Waals surface area contributed by atoms with E-state index in [0.717, 1.165) is 30.8 Å². The van der Waals surface area contributed by atoms with Crippen LogP contribution in [-0.2, 0) is 11.3 Å². The summed E-state index contributed by atoms with van der Waals surface area (Å²) in [6, 6.07) is 9.61. The van der Waals surface area contributed by atoms with E-state index in [0.29, 0.717) is 12.1 Å². The van der Waals surface area contributed by atoms with Gasteiger partial charge in [0.05, 0.1) is 23.4 Å². The predicted octanol–water partition coefficient (Wildman–Crippen LogP) is 2.42. The Bertz CT molecular complexity index is 547. The zero-order chi connectivity index (χ0) is 14.8. The predicted molar refractivity (Wildman–Crippen MR) is 83.2 cm³/mol. The standard InChI is InChI=1S/C17H23N3O/c1-12-16(7-8-21-12)20(2)17-6-3-13(9-14(17)10-18)11-19-15-4-5-15/h3,6,9,12,15-16,19H,4-5,7-8,11H2,1-2H3. The summed E-state index contributed by atoms with van der Waals surface area (Å²) in [4.78, 5) is 2.20. The zero-order valence-corrected chi connectivity index (χ0v) is 12.8. The second kappa shape index (κ2) is 6.05. The smallest absolute Gasteiger partial charge is 0.101 e. The minimum Gasteiger partial charge on any atom is -0.376 e. The Morgan fingerprint density at radius 2 is 2.19 bits per heavy atom. The maximum atomic E-state index is 9.46. The van der Waals surface area contributed by atoms with Gasteiger partial charge in [0.2, 0.25) is 0 Å². The number of ether oxygens (including phenoxy) is 1. The fourth-order valence-corrected chi connectivity index (χ4v) is 3.05. The molecule has 2 fully saturated rings. The van der Waals surface area contributed by atoms with Gasteiger partial charge in [0, 0.05) is 26.2 Å². The Morgan fingerprint density at radius 3 is 2.81 bits per heavy atom. The molecule has 1 heterocycles. The van der Waals surface area contributed by atoms with E-state index in [4.69, 9.17) is 4.74 Å². The van der Waals surface area contributed by atoms with Crippen LogP contribution in [-0.4, -0.2) is 31.8 Å². The third-order valence-corrected chi connectivity index (χ3v) is 4.57. The summed E-state index contributed by atoms with van der Waals surface area (Å²) < 4.78 is 5.64. The second-order valence-electron chi connectivity index (χ2n) is 6.16. The quantitative estimate of drug-likeness (QED) is 0.902. The average Bonchev–Trinajstić information content (AvgIpc) is 3.24. The fraction of sp³-hybridized carbons (Fsp3) is 0.588. The van der Waals surface area contributed by atoms with Crippen LogP contribution in [0.1, 0.15) is 37.3 Å². The topological polar surface area (TPSA) is 48.3 Å². The monoisotopic (exact) mass is 285 g/mol. The van der Waals surface area contributed by atoms with E-state index >= 15 is 0 Å². The minimum atomic E-state index is 0.220. The average molecular weight is 285 g/mol. The zero-order valence-electron chi connectivity index (χ0n) is 12.8. The number of hydrogen-bond donors (Lipinski definition) is 1.